The molecule has 0 amide bonds. The molecule has 1 aliphatic carbocycles. The standard InChI is InChI=1S/C17H24N4O/c1-3-20(2)17(9-5-4-6-10-17)12-21-13-19-15-14(16(21)22)8-7-11-18-15/h7-8,11,13H,3-6,9-10,12H2,1-2H3. The van der Waals surface area contributed by atoms with Gasteiger partial charge >= 0.3 is 0 Å². The Labute approximate surface area is 131 Å². The van der Waals surface area contributed by atoms with Crippen LogP contribution in [0.5, 0.6) is 0 Å². The van der Waals surface area contributed by atoms with E-state index < -0.39 is 0 Å². The van der Waals surface area contributed by atoms with E-state index in [2.05, 4.69) is 28.8 Å². The summed E-state index contributed by atoms with van der Waals surface area (Å²) in [6, 6.07) is 3.61. The molecule has 2 heterocycles. The molecule has 0 unspecified atom stereocenters. The van der Waals surface area contributed by atoms with Crippen molar-refractivity contribution in [3.05, 3.63) is 35.0 Å². The van der Waals surface area contributed by atoms with E-state index in [0.717, 1.165) is 19.4 Å². The van der Waals surface area contributed by atoms with Gasteiger partial charge in [-0.05, 0) is 38.6 Å². The minimum atomic E-state index is 0.0209. The second-order valence-electron chi connectivity index (χ2n) is 6.35. The molecule has 0 radical (unpaired) electrons. The number of aromatic nitrogens is 3. The van der Waals surface area contributed by atoms with E-state index in [1.54, 1.807) is 23.2 Å². The molecule has 22 heavy (non-hydrogen) atoms. The van der Waals surface area contributed by atoms with E-state index in [9.17, 15) is 4.79 Å². The summed E-state index contributed by atoms with van der Waals surface area (Å²) in [6.45, 7) is 3.90. The van der Waals surface area contributed by atoms with Crippen molar-refractivity contribution in [3.63, 3.8) is 0 Å². The molecule has 118 valence electrons. The second-order valence-corrected chi connectivity index (χ2v) is 6.35. The van der Waals surface area contributed by atoms with Crippen LogP contribution in [-0.2, 0) is 6.54 Å². The van der Waals surface area contributed by atoms with E-state index in [1.807, 2.05) is 6.07 Å². The molecular weight excluding hydrogens is 276 g/mol. The highest BCUT2D eigenvalue weighted by molar-refractivity contribution is 5.72. The van der Waals surface area contributed by atoms with Gasteiger partial charge in [0.05, 0.1) is 5.39 Å². The first-order chi connectivity index (χ1) is 10.7. The van der Waals surface area contributed by atoms with Crippen LogP contribution in [0.25, 0.3) is 11.0 Å². The molecule has 0 spiro atoms. The first kappa shape index (κ1) is 15.2. The third-order valence-electron chi connectivity index (χ3n) is 5.13. The van der Waals surface area contributed by atoms with Gasteiger partial charge in [-0.3, -0.25) is 14.3 Å². The second kappa shape index (κ2) is 6.16. The van der Waals surface area contributed by atoms with Crippen molar-refractivity contribution in [2.75, 3.05) is 13.6 Å². The van der Waals surface area contributed by atoms with Crippen molar-refractivity contribution in [2.24, 2.45) is 0 Å². The van der Waals surface area contributed by atoms with Crippen molar-refractivity contribution in [2.45, 2.75) is 51.1 Å². The highest BCUT2D eigenvalue weighted by Gasteiger charge is 2.36. The highest BCUT2D eigenvalue weighted by Crippen LogP contribution is 2.34. The molecule has 0 saturated heterocycles. The van der Waals surface area contributed by atoms with Crippen LogP contribution < -0.4 is 5.56 Å². The summed E-state index contributed by atoms with van der Waals surface area (Å²) in [5.41, 5.74) is 0.631. The Hall–Kier alpha value is -1.75. The van der Waals surface area contributed by atoms with E-state index in [4.69, 9.17) is 0 Å². The summed E-state index contributed by atoms with van der Waals surface area (Å²) < 4.78 is 1.78. The van der Waals surface area contributed by atoms with Crippen molar-refractivity contribution in [3.8, 4) is 0 Å². The van der Waals surface area contributed by atoms with Crippen LogP contribution in [0.4, 0.5) is 0 Å². The normalized spacial score (nSPS) is 18.0. The fourth-order valence-corrected chi connectivity index (χ4v) is 3.63. The monoisotopic (exact) mass is 300 g/mol. The van der Waals surface area contributed by atoms with Gasteiger partial charge < -0.3 is 0 Å². The lowest BCUT2D eigenvalue weighted by Gasteiger charge is -2.44. The minimum absolute atomic E-state index is 0.0209. The van der Waals surface area contributed by atoms with Gasteiger partial charge in [-0.15, -0.1) is 0 Å². The molecular formula is C17H24N4O. The summed E-state index contributed by atoms with van der Waals surface area (Å²) in [5.74, 6) is 0. The van der Waals surface area contributed by atoms with Crippen LogP contribution in [0.1, 0.15) is 39.0 Å². The maximum atomic E-state index is 12.7. The molecule has 0 aromatic carbocycles. The first-order valence-electron chi connectivity index (χ1n) is 8.18. The molecule has 0 N–H and O–H groups in total. The zero-order valence-corrected chi connectivity index (χ0v) is 13.5. The average Bonchev–Trinajstić information content (AvgIpc) is 2.58. The van der Waals surface area contributed by atoms with Crippen LogP contribution in [0, 0.1) is 0 Å². The largest absolute Gasteiger partial charge is 0.299 e. The van der Waals surface area contributed by atoms with Crippen LogP contribution in [0.2, 0.25) is 0 Å². The maximum absolute atomic E-state index is 12.7. The molecule has 0 atom stereocenters. The van der Waals surface area contributed by atoms with Crippen molar-refractivity contribution >= 4 is 11.0 Å². The molecule has 3 rings (SSSR count). The molecule has 0 bridgehead atoms. The summed E-state index contributed by atoms with van der Waals surface area (Å²) in [5, 5.41) is 0.607. The first-order valence-corrected chi connectivity index (χ1v) is 8.18. The quantitative estimate of drug-likeness (QED) is 0.870. The van der Waals surface area contributed by atoms with Gasteiger partial charge in [0.25, 0.3) is 5.56 Å². The van der Waals surface area contributed by atoms with Gasteiger partial charge in [0.2, 0.25) is 0 Å². The van der Waals surface area contributed by atoms with Gasteiger partial charge in [0.15, 0.2) is 5.65 Å². The Bertz CT molecular complexity index is 703. The molecule has 1 saturated carbocycles. The number of pyridine rings is 1. The zero-order valence-electron chi connectivity index (χ0n) is 13.5. The SMILES string of the molecule is CCN(C)C1(Cn2cnc3ncccc3c2=O)CCCCC1. The lowest BCUT2D eigenvalue weighted by molar-refractivity contribution is 0.0610. The number of likely N-dealkylation sites (N-methyl/N-ethyl adjacent to an activating group) is 1. The predicted octanol–water partition coefficient (Wildman–Crippen LogP) is 2.45. The third-order valence-corrected chi connectivity index (χ3v) is 5.13. The van der Waals surface area contributed by atoms with Crippen LogP contribution in [0.3, 0.4) is 0 Å². The van der Waals surface area contributed by atoms with E-state index >= 15 is 0 Å². The topological polar surface area (TPSA) is 51.0 Å². The number of rotatable bonds is 4. The fourth-order valence-electron chi connectivity index (χ4n) is 3.63. The third kappa shape index (κ3) is 2.65. The molecule has 5 heteroatoms. The van der Waals surface area contributed by atoms with Gasteiger partial charge in [-0.2, -0.15) is 0 Å². The Kier molecular flexibility index (Phi) is 4.25. The van der Waals surface area contributed by atoms with Gasteiger partial charge in [-0.1, -0.05) is 26.2 Å². The number of fused-ring (bicyclic) bond motifs is 1. The fraction of sp³-hybridized carbons (Fsp3) is 0.588. The lowest BCUT2D eigenvalue weighted by Crippen LogP contribution is -2.52. The number of nitrogens with zero attached hydrogens (tertiary/aromatic N) is 4. The molecule has 1 fully saturated rings. The highest BCUT2D eigenvalue weighted by atomic mass is 16.1. The Balaban J connectivity index is 1.99. The van der Waals surface area contributed by atoms with Crippen LogP contribution >= 0.6 is 0 Å². The molecule has 2 aromatic rings. The van der Waals surface area contributed by atoms with Crippen LogP contribution in [0.15, 0.2) is 29.5 Å². The van der Waals surface area contributed by atoms with Gasteiger partial charge in [-0.25, -0.2) is 9.97 Å². The van der Waals surface area contributed by atoms with Crippen molar-refractivity contribution < 1.29 is 0 Å². The molecule has 5 nitrogen and oxygen atoms in total. The average molecular weight is 300 g/mol. The number of hydrogen-bond donors (Lipinski definition) is 0. The zero-order chi connectivity index (χ0) is 15.6. The molecule has 2 aromatic heterocycles. The number of hydrogen-bond acceptors (Lipinski definition) is 4. The molecule has 1 aliphatic rings. The van der Waals surface area contributed by atoms with Crippen LogP contribution in [-0.4, -0.2) is 38.6 Å². The van der Waals surface area contributed by atoms with E-state index in [-0.39, 0.29) is 11.1 Å². The summed E-state index contributed by atoms with van der Waals surface area (Å²) in [7, 11) is 2.17. The Morgan fingerprint density at radius 1 is 1.27 bits per heavy atom. The van der Waals surface area contributed by atoms with Crippen molar-refractivity contribution in [1.29, 1.82) is 0 Å². The van der Waals surface area contributed by atoms with E-state index in [1.165, 1.54) is 19.3 Å². The van der Waals surface area contributed by atoms with Gasteiger partial charge in [0.1, 0.15) is 6.33 Å². The Morgan fingerprint density at radius 3 is 2.77 bits per heavy atom. The summed E-state index contributed by atoms with van der Waals surface area (Å²) >= 11 is 0. The summed E-state index contributed by atoms with van der Waals surface area (Å²) in [4.78, 5) is 23.6. The maximum Gasteiger partial charge on any atom is 0.262 e. The van der Waals surface area contributed by atoms with Gasteiger partial charge in [0, 0.05) is 18.3 Å². The molecule has 0 aliphatic heterocycles. The van der Waals surface area contributed by atoms with E-state index in [0.29, 0.717) is 17.6 Å². The minimum Gasteiger partial charge on any atom is -0.299 e. The Morgan fingerprint density at radius 2 is 2.05 bits per heavy atom. The summed E-state index contributed by atoms with van der Waals surface area (Å²) in [6.07, 6.45) is 9.41. The lowest BCUT2D eigenvalue weighted by atomic mass is 9.80. The van der Waals surface area contributed by atoms with Crippen molar-refractivity contribution in [1.82, 2.24) is 19.4 Å². The predicted molar refractivity (Wildman–Crippen MR) is 87.9 cm³/mol. The smallest absolute Gasteiger partial charge is 0.262 e.